The second-order valence-corrected chi connectivity index (χ2v) is 5.61. The maximum atomic E-state index is 8.86. The highest BCUT2D eigenvalue weighted by Gasteiger charge is 2.06. The Hall–Kier alpha value is -3.91. The number of aromatic nitrogens is 2. The van der Waals surface area contributed by atoms with Crippen molar-refractivity contribution in [3.8, 4) is 17.7 Å². The molecule has 124 valence electrons. The fourth-order valence-electron chi connectivity index (χ4n) is 2.61. The Morgan fingerprint density at radius 1 is 0.885 bits per heavy atom. The van der Waals surface area contributed by atoms with Crippen LogP contribution in [0.25, 0.3) is 10.8 Å². The van der Waals surface area contributed by atoms with Crippen molar-refractivity contribution < 1.29 is 4.74 Å². The van der Waals surface area contributed by atoms with Gasteiger partial charge in [-0.05, 0) is 35.7 Å². The molecular formula is C21H14N4O. The number of rotatable bonds is 4. The van der Waals surface area contributed by atoms with Gasteiger partial charge in [0.05, 0.1) is 11.6 Å². The monoisotopic (exact) mass is 338 g/mol. The molecule has 0 aliphatic rings. The molecule has 5 nitrogen and oxygen atoms in total. The maximum absolute atomic E-state index is 8.86. The van der Waals surface area contributed by atoms with E-state index in [1.54, 1.807) is 36.5 Å². The van der Waals surface area contributed by atoms with Crippen molar-refractivity contribution in [1.29, 1.82) is 5.26 Å². The maximum Gasteiger partial charge on any atom is 0.230 e. The molecule has 0 bridgehead atoms. The summed E-state index contributed by atoms with van der Waals surface area (Å²) in [5, 5.41) is 14.1. The lowest BCUT2D eigenvalue weighted by molar-refractivity contribution is 0.468. The predicted molar refractivity (Wildman–Crippen MR) is 100 cm³/mol. The van der Waals surface area contributed by atoms with Gasteiger partial charge >= 0.3 is 0 Å². The van der Waals surface area contributed by atoms with Crippen LogP contribution in [0.1, 0.15) is 5.56 Å². The van der Waals surface area contributed by atoms with Crippen molar-refractivity contribution in [3.63, 3.8) is 0 Å². The van der Waals surface area contributed by atoms with Crippen LogP contribution in [-0.2, 0) is 0 Å². The Bertz CT molecular complexity index is 1100. The molecule has 0 saturated heterocycles. The van der Waals surface area contributed by atoms with Crippen molar-refractivity contribution in [2.75, 3.05) is 5.32 Å². The summed E-state index contributed by atoms with van der Waals surface area (Å²) in [5.41, 5.74) is 1.40. The zero-order valence-corrected chi connectivity index (χ0v) is 13.8. The minimum atomic E-state index is 0.424. The quantitative estimate of drug-likeness (QED) is 0.564. The number of nitrogens with zero attached hydrogens (tertiary/aromatic N) is 3. The summed E-state index contributed by atoms with van der Waals surface area (Å²) in [7, 11) is 0. The summed E-state index contributed by atoms with van der Waals surface area (Å²) in [6, 6.07) is 24.8. The number of ether oxygens (including phenoxy) is 1. The normalized spacial score (nSPS) is 10.3. The van der Waals surface area contributed by atoms with Gasteiger partial charge in [0, 0.05) is 23.3 Å². The first-order chi connectivity index (χ1) is 12.8. The SMILES string of the molecule is N#Cc1ccc(Nc2nccc(Oc3cccc4ccccc34)n2)cc1. The molecule has 1 heterocycles. The van der Waals surface area contributed by atoms with Crippen molar-refractivity contribution in [3.05, 3.63) is 84.6 Å². The number of hydrogen-bond donors (Lipinski definition) is 1. The summed E-state index contributed by atoms with van der Waals surface area (Å²) in [4.78, 5) is 8.62. The number of nitrogens with one attached hydrogen (secondary N) is 1. The molecule has 3 aromatic carbocycles. The third-order valence-electron chi connectivity index (χ3n) is 3.86. The summed E-state index contributed by atoms with van der Waals surface area (Å²) in [6.07, 6.45) is 1.64. The Balaban J connectivity index is 1.58. The van der Waals surface area contributed by atoms with E-state index < -0.39 is 0 Å². The number of benzene rings is 3. The minimum absolute atomic E-state index is 0.424. The molecule has 0 saturated carbocycles. The lowest BCUT2D eigenvalue weighted by Gasteiger charge is -2.09. The fourth-order valence-corrected chi connectivity index (χ4v) is 2.61. The molecule has 0 spiro atoms. The van der Waals surface area contributed by atoms with Crippen LogP contribution >= 0.6 is 0 Å². The number of nitriles is 1. The number of fused-ring (bicyclic) bond motifs is 1. The molecule has 0 amide bonds. The van der Waals surface area contributed by atoms with E-state index in [0.717, 1.165) is 22.2 Å². The van der Waals surface area contributed by atoms with Gasteiger partial charge in [-0.3, -0.25) is 0 Å². The first-order valence-electron chi connectivity index (χ1n) is 8.08. The minimum Gasteiger partial charge on any atom is -0.438 e. The Labute approximate surface area is 150 Å². The Kier molecular flexibility index (Phi) is 4.15. The Morgan fingerprint density at radius 2 is 1.69 bits per heavy atom. The van der Waals surface area contributed by atoms with Crippen molar-refractivity contribution >= 4 is 22.4 Å². The zero-order chi connectivity index (χ0) is 17.8. The summed E-state index contributed by atoms with van der Waals surface area (Å²) in [5.74, 6) is 1.62. The van der Waals surface area contributed by atoms with E-state index in [1.807, 2.05) is 42.5 Å². The third kappa shape index (κ3) is 3.30. The molecule has 0 atom stereocenters. The molecule has 5 heteroatoms. The van der Waals surface area contributed by atoms with Gasteiger partial charge in [0.15, 0.2) is 0 Å². The van der Waals surface area contributed by atoms with Crippen LogP contribution in [0.15, 0.2) is 79.0 Å². The summed E-state index contributed by atoms with van der Waals surface area (Å²) < 4.78 is 5.97. The predicted octanol–water partition coefficient (Wildman–Crippen LogP) is 5.04. The van der Waals surface area contributed by atoms with Crippen LogP contribution in [0.2, 0.25) is 0 Å². The second-order valence-electron chi connectivity index (χ2n) is 5.61. The molecule has 0 radical (unpaired) electrons. The largest absolute Gasteiger partial charge is 0.438 e. The molecule has 1 N–H and O–H groups in total. The first kappa shape index (κ1) is 15.6. The van der Waals surface area contributed by atoms with Crippen LogP contribution < -0.4 is 10.1 Å². The van der Waals surface area contributed by atoms with Gasteiger partial charge < -0.3 is 10.1 Å². The smallest absolute Gasteiger partial charge is 0.230 e. The van der Waals surface area contributed by atoms with Gasteiger partial charge in [0.1, 0.15) is 5.75 Å². The molecule has 0 aliphatic carbocycles. The highest BCUT2D eigenvalue weighted by molar-refractivity contribution is 5.88. The average molecular weight is 338 g/mol. The lowest BCUT2D eigenvalue weighted by atomic mass is 10.1. The number of anilines is 2. The topological polar surface area (TPSA) is 70.8 Å². The average Bonchev–Trinajstić information content (AvgIpc) is 2.69. The highest BCUT2D eigenvalue weighted by atomic mass is 16.5. The molecule has 4 rings (SSSR count). The second kappa shape index (κ2) is 6.91. The van der Waals surface area contributed by atoms with Crippen molar-refractivity contribution in [2.45, 2.75) is 0 Å². The van der Waals surface area contributed by atoms with Gasteiger partial charge in [-0.25, -0.2) is 4.98 Å². The highest BCUT2D eigenvalue weighted by Crippen LogP contribution is 2.29. The molecule has 0 unspecified atom stereocenters. The van der Waals surface area contributed by atoms with Gasteiger partial charge in [-0.1, -0.05) is 36.4 Å². The van der Waals surface area contributed by atoms with Crippen molar-refractivity contribution in [1.82, 2.24) is 9.97 Å². The fraction of sp³-hybridized carbons (Fsp3) is 0. The van der Waals surface area contributed by atoms with Crippen LogP contribution in [-0.4, -0.2) is 9.97 Å². The van der Waals surface area contributed by atoms with Crippen LogP contribution in [0, 0.1) is 11.3 Å². The number of hydrogen-bond acceptors (Lipinski definition) is 5. The van der Waals surface area contributed by atoms with Gasteiger partial charge in [-0.15, -0.1) is 0 Å². The van der Waals surface area contributed by atoms with E-state index in [9.17, 15) is 0 Å². The summed E-state index contributed by atoms with van der Waals surface area (Å²) >= 11 is 0. The first-order valence-corrected chi connectivity index (χ1v) is 8.08. The standard InChI is InChI=1S/C21H14N4O/c22-14-15-8-10-17(11-9-15)24-21-23-13-12-20(25-21)26-19-7-3-5-16-4-1-2-6-18(16)19/h1-13H,(H,23,24,25). The third-order valence-corrected chi connectivity index (χ3v) is 3.86. The van der Waals surface area contributed by atoms with E-state index >= 15 is 0 Å². The molecule has 0 aliphatic heterocycles. The van der Waals surface area contributed by atoms with Crippen LogP contribution in [0.5, 0.6) is 11.6 Å². The van der Waals surface area contributed by atoms with Crippen LogP contribution in [0.3, 0.4) is 0 Å². The molecule has 4 aromatic rings. The van der Waals surface area contributed by atoms with E-state index in [4.69, 9.17) is 10.00 Å². The van der Waals surface area contributed by atoms with E-state index in [1.165, 1.54) is 0 Å². The summed E-state index contributed by atoms with van der Waals surface area (Å²) in [6.45, 7) is 0. The van der Waals surface area contributed by atoms with Gasteiger partial charge in [0.2, 0.25) is 11.8 Å². The van der Waals surface area contributed by atoms with E-state index in [0.29, 0.717) is 17.4 Å². The molecule has 1 aromatic heterocycles. The van der Waals surface area contributed by atoms with Crippen LogP contribution in [0.4, 0.5) is 11.6 Å². The lowest BCUT2D eigenvalue weighted by Crippen LogP contribution is -1.98. The van der Waals surface area contributed by atoms with Crippen molar-refractivity contribution in [2.24, 2.45) is 0 Å². The zero-order valence-electron chi connectivity index (χ0n) is 13.8. The molecule has 0 fully saturated rings. The molecule has 26 heavy (non-hydrogen) atoms. The Morgan fingerprint density at radius 3 is 2.54 bits per heavy atom. The van der Waals surface area contributed by atoms with Gasteiger partial charge in [0.25, 0.3) is 0 Å². The van der Waals surface area contributed by atoms with E-state index in [-0.39, 0.29) is 0 Å². The molecular weight excluding hydrogens is 324 g/mol. The van der Waals surface area contributed by atoms with E-state index in [2.05, 4.69) is 21.4 Å². The van der Waals surface area contributed by atoms with Gasteiger partial charge in [-0.2, -0.15) is 10.2 Å².